The van der Waals surface area contributed by atoms with Crippen LogP contribution in [0.1, 0.15) is 15.9 Å². The maximum atomic E-state index is 13.1. The van der Waals surface area contributed by atoms with Gasteiger partial charge in [-0.05, 0) is 48.9 Å². The Morgan fingerprint density at radius 2 is 2.00 bits per heavy atom. The first-order valence-electron chi connectivity index (χ1n) is 7.11. The van der Waals surface area contributed by atoms with Crippen LogP contribution in [0.4, 0.5) is 10.1 Å². The number of amides is 1. The molecule has 7 heteroatoms. The van der Waals surface area contributed by atoms with Crippen molar-refractivity contribution in [1.82, 2.24) is 4.72 Å². The van der Waals surface area contributed by atoms with Gasteiger partial charge in [-0.25, -0.2) is 17.5 Å². The molecule has 0 aromatic heterocycles. The minimum atomic E-state index is -3.72. The Kier molecular flexibility index (Phi) is 5.48. The van der Waals surface area contributed by atoms with E-state index < -0.39 is 21.7 Å². The number of rotatable bonds is 6. The number of halogens is 1. The number of anilines is 1. The molecule has 2 N–H and O–H groups in total. The molecule has 2 aromatic rings. The number of benzene rings is 2. The molecule has 0 spiro atoms. The molecular formula is C17H17FN2O3S. The summed E-state index contributed by atoms with van der Waals surface area (Å²) >= 11 is 0. The molecule has 24 heavy (non-hydrogen) atoms. The SMILES string of the molecule is C=CCNS(=O)(=O)c1cccc(C(=O)Nc2ccc(F)cc2C)c1. The summed E-state index contributed by atoms with van der Waals surface area (Å²) in [5.74, 6) is -0.877. The molecule has 0 fully saturated rings. The molecule has 126 valence electrons. The fraction of sp³-hybridized carbons (Fsp3) is 0.118. The number of hydrogen-bond donors (Lipinski definition) is 2. The predicted octanol–water partition coefficient (Wildman–Crippen LogP) is 2.85. The van der Waals surface area contributed by atoms with Crippen LogP contribution in [0.15, 0.2) is 60.0 Å². The topological polar surface area (TPSA) is 75.3 Å². The van der Waals surface area contributed by atoms with Gasteiger partial charge in [0.15, 0.2) is 0 Å². The van der Waals surface area contributed by atoms with E-state index in [0.717, 1.165) is 0 Å². The van der Waals surface area contributed by atoms with Gasteiger partial charge in [0.25, 0.3) is 5.91 Å². The van der Waals surface area contributed by atoms with Gasteiger partial charge in [-0.3, -0.25) is 4.79 Å². The van der Waals surface area contributed by atoms with E-state index in [0.29, 0.717) is 11.3 Å². The fourth-order valence-corrected chi connectivity index (χ4v) is 3.06. The molecule has 1 amide bonds. The number of hydrogen-bond acceptors (Lipinski definition) is 3. The zero-order valence-electron chi connectivity index (χ0n) is 13.0. The average molecular weight is 348 g/mol. The Labute approximate surface area is 140 Å². The Bertz CT molecular complexity index is 879. The summed E-state index contributed by atoms with van der Waals surface area (Å²) in [7, 11) is -3.72. The third kappa shape index (κ3) is 4.27. The number of carbonyl (C=O) groups is 1. The van der Waals surface area contributed by atoms with Crippen LogP contribution in [0.5, 0.6) is 0 Å². The minimum absolute atomic E-state index is 0.0205. The van der Waals surface area contributed by atoms with E-state index in [1.54, 1.807) is 6.92 Å². The maximum absolute atomic E-state index is 13.1. The van der Waals surface area contributed by atoms with Crippen LogP contribution in [0, 0.1) is 12.7 Å². The van der Waals surface area contributed by atoms with Crippen molar-refractivity contribution in [3.05, 3.63) is 72.1 Å². The van der Waals surface area contributed by atoms with Crippen molar-refractivity contribution in [2.24, 2.45) is 0 Å². The van der Waals surface area contributed by atoms with Crippen LogP contribution >= 0.6 is 0 Å². The van der Waals surface area contributed by atoms with Gasteiger partial charge in [0.05, 0.1) is 4.90 Å². The summed E-state index contributed by atoms with van der Waals surface area (Å²) in [5, 5.41) is 2.64. The van der Waals surface area contributed by atoms with Crippen molar-refractivity contribution in [1.29, 1.82) is 0 Å². The van der Waals surface area contributed by atoms with E-state index >= 15 is 0 Å². The lowest BCUT2D eigenvalue weighted by Crippen LogP contribution is -2.24. The van der Waals surface area contributed by atoms with Crippen LogP contribution < -0.4 is 10.0 Å². The molecule has 2 rings (SSSR count). The molecule has 0 heterocycles. The quantitative estimate of drug-likeness (QED) is 0.788. The van der Waals surface area contributed by atoms with Gasteiger partial charge in [0.1, 0.15) is 5.82 Å². The molecule has 0 saturated carbocycles. The highest BCUT2D eigenvalue weighted by atomic mass is 32.2. The predicted molar refractivity (Wildman–Crippen MR) is 90.9 cm³/mol. The Hall–Kier alpha value is -2.51. The highest BCUT2D eigenvalue weighted by molar-refractivity contribution is 7.89. The van der Waals surface area contributed by atoms with Gasteiger partial charge >= 0.3 is 0 Å². The van der Waals surface area contributed by atoms with Gasteiger partial charge in [0, 0.05) is 17.8 Å². The first-order valence-corrected chi connectivity index (χ1v) is 8.60. The van der Waals surface area contributed by atoms with Crippen molar-refractivity contribution >= 4 is 21.6 Å². The summed E-state index contributed by atoms with van der Waals surface area (Å²) in [6.07, 6.45) is 1.42. The molecule has 0 radical (unpaired) electrons. The number of sulfonamides is 1. The Morgan fingerprint density at radius 3 is 2.67 bits per heavy atom. The lowest BCUT2D eigenvalue weighted by molar-refractivity contribution is 0.102. The second kappa shape index (κ2) is 7.37. The van der Waals surface area contributed by atoms with Crippen LogP contribution in [0.25, 0.3) is 0 Å². The first kappa shape index (κ1) is 17.8. The van der Waals surface area contributed by atoms with E-state index in [1.807, 2.05) is 0 Å². The van der Waals surface area contributed by atoms with E-state index in [2.05, 4.69) is 16.6 Å². The summed E-state index contributed by atoms with van der Waals surface area (Å²) in [6, 6.07) is 9.65. The molecule has 2 aromatic carbocycles. The molecule has 0 aliphatic carbocycles. The molecular weight excluding hydrogens is 331 g/mol. The third-order valence-corrected chi connectivity index (χ3v) is 4.68. The lowest BCUT2D eigenvalue weighted by atomic mass is 10.1. The second-order valence-corrected chi connectivity index (χ2v) is 6.85. The van der Waals surface area contributed by atoms with Crippen molar-refractivity contribution in [3.63, 3.8) is 0 Å². The molecule has 5 nitrogen and oxygen atoms in total. The van der Waals surface area contributed by atoms with Gasteiger partial charge in [-0.1, -0.05) is 12.1 Å². The molecule has 0 saturated heterocycles. The zero-order valence-corrected chi connectivity index (χ0v) is 13.9. The standard InChI is InChI=1S/C17H17FN2O3S/c1-3-9-19-24(22,23)15-6-4-5-13(11-15)17(21)20-16-8-7-14(18)10-12(16)2/h3-8,10-11,19H,1,9H2,2H3,(H,20,21). The van der Waals surface area contributed by atoms with Gasteiger partial charge in [-0.2, -0.15) is 0 Å². The van der Waals surface area contributed by atoms with Gasteiger partial charge in [-0.15, -0.1) is 6.58 Å². The summed E-state index contributed by atoms with van der Waals surface area (Å²) < 4.78 is 39.6. The van der Waals surface area contributed by atoms with Crippen LogP contribution in [-0.2, 0) is 10.0 Å². The van der Waals surface area contributed by atoms with Crippen molar-refractivity contribution in [2.75, 3.05) is 11.9 Å². The largest absolute Gasteiger partial charge is 0.322 e. The molecule has 0 aliphatic heterocycles. The molecule has 0 atom stereocenters. The Balaban J connectivity index is 2.24. The summed E-state index contributed by atoms with van der Waals surface area (Å²) in [6.45, 7) is 5.20. The normalized spacial score (nSPS) is 11.1. The fourth-order valence-electron chi connectivity index (χ4n) is 2.02. The van der Waals surface area contributed by atoms with Crippen molar-refractivity contribution in [3.8, 4) is 0 Å². The third-order valence-electron chi connectivity index (χ3n) is 3.26. The number of aryl methyl sites for hydroxylation is 1. The van der Waals surface area contributed by atoms with Crippen LogP contribution in [-0.4, -0.2) is 20.9 Å². The van der Waals surface area contributed by atoms with Crippen molar-refractivity contribution < 1.29 is 17.6 Å². The van der Waals surface area contributed by atoms with E-state index in [-0.39, 0.29) is 17.0 Å². The van der Waals surface area contributed by atoms with E-state index in [9.17, 15) is 17.6 Å². The molecule has 0 unspecified atom stereocenters. The van der Waals surface area contributed by atoms with E-state index in [4.69, 9.17) is 0 Å². The smallest absolute Gasteiger partial charge is 0.255 e. The summed E-state index contributed by atoms with van der Waals surface area (Å²) in [5.41, 5.74) is 1.21. The van der Waals surface area contributed by atoms with Gasteiger partial charge in [0.2, 0.25) is 10.0 Å². The van der Waals surface area contributed by atoms with Gasteiger partial charge < -0.3 is 5.32 Å². The van der Waals surface area contributed by atoms with Crippen molar-refractivity contribution in [2.45, 2.75) is 11.8 Å². The second-order valence-electron chi connectivity index (χ2n) is 5.08. The van der Waals surface area contributed by atoms with E-state index in [1.165, 1.54) is 48.5 Å². The molecule has 0 aliphatic rings. The van der Waals surface area contributed by atoms with Crippen LogP contribution in [0.3, 0.4) is 0 Å². The molecule has 0 bridgehead atoms. The number of carbonyl (C=O) groups excluding carboxylic acids is 1. The maximum Gasteiger partial charge on any atom is 0.255 e. The zero-order chi connectivity index (χ0) is 17.7. The lowest BCUT2D eigenvalue weighted by Gasteiger charge is -2.10. The van der Waals surface area contributed by atoms with Crippen LogP contribution in [0.2, 0.25) is 0 Å². The minimum Gasteiger partial charge on any atom is -0.322 e. The monoisotopic (exact) mass is 348 g/mol. The average Bonchev–Trinajstić information content (AvgIpc) is 2.55. The first-order chi connectivity index (χ1) is 11.3. The highest BCUT2D eigenvalue weighted by Gasteiger charge is 2.16. The highest BCUT2D eigenvalue weighted by Crippen LogP contribution is 2.18. The number of nitrogens with one attached hydrogen (secondary N) is 2. The summed E-state index contributed by atoms with van der Waals surface area (Å²) in [4.78, 5) is 12.3. The Morgan fingerprint density at radius 1 is 1.25 bits per heavy atom.